The molecule has 0 aromatic heterocycles. The van der Waals surface area contributed by atoms with Crippen molar-refractivity contribution in [2.24, 2.45) is 0 Å². The molecule has 0 aliphatic rings. The molecule has 0 aliphatic heterocycles. The number of carboxylic acids is 1. The zero-order valence-electron chi connectivity index (χ0n) is 10.9. The van der Waals surface area contributed by atoms with Gasteiger partial charge in [-0.15, -0.1) is 6.58 Å². The van der Waals surface area contributed by atoms with Crippen LogP contribution in [-0.2, 0) is 4.79 Å². The van der Waals surface area contributed by atoms with Gasteiger partial charge in [-0.05, 0) is 6.07 Å². The third-order valence-electron chi connectivity index (χ3n) is 2.37. The summed E-state index contributed by atoms with van der Waals surface area (Å²) < 4.78 is 4.96. The molecule has 7 heteroatoms. The highest BCUT2D eigenvalue weighted by molar-refractivity contribution is 6.34. The summed E-state index contributed by atoms with van der Waals surface area (Å²) in [7, 11) is 1.34. The van der Waals surface area contributed by atoms with Gasteiger partial charge in [0.05, 0.1) is 24.4 Å². The van der Waals surface area contributed by atoms with Crippen molar-refractivity contribution in [2.75, 3.05) is 25.5 Å². The molecule has 0 atom stereocenters. The molecule has 0 saturated carbocycles. The predicted octanol–water partition coefficient (Wildman–Crippen LogP) is 1.76. The molecule has 1 aromatic rings. The first-order chi connectivity index (χ1) is 9.49. The standard InChI is InChI=1S/C13H15ClN2O4/c1-3-4-15-7-12(17)16-10-6-11(20-2)8(13(18)19)5-9(10)14/h3,5-6,15H,1,4,7H2,2H3,(H,16,17)(H,18,19). The van der Waals surface area contributed by atoms with Gasteiger partial charge in [0, 0.05) is 12.6 Å². The number of amides is 1. The van der Waals surface area contributed by atoms with E-state index < -0.39 is 5.97 Å². The molecule has 1 aromatic carbocycles. The summed E-state index contributed by atoms with van der Waals surface area (Å²) in [5, 5.41) is 14.5. The number of benzene rings is 1. The van der Waals surface area contributed by atoms with Crippen LogP contribution in [0.1, 0.15) is 10.4 Å². The Hall–Kier alpha value is -2.05. The normalized spacial score (nSPS) is 9.90. The van der Waals surface area contributed by atoms with Crippen molar-refractivity contribution in [3.63, 3.8) is 0 Å². The van der Waals surface area contributed by atoms with E-state index in [1.165, 1.54) is 19.2 Å². The largest absolute Gasteiger partial charge is 0.496 e. The van der Waals surface area contributed by atoms with Crippen LogP contribution in [-0.4, -0.2) is 37.2 Å². The van der Waals surface area contributed by atoms with Gasteiger partial charge in [-0.2, -0.15) is 0 Å². The quantitative estimate of drug-likeness (QED) is 0.527. The van der Waals surface area contributed by atoms with Gasteiger partial charge < -0.3 is 20.5 Å². The second-order valence-electron chi connectivity index (χ2n) is 3.81. The van der Waals surface area contributed by atoms with Crippen molar-refractivity contribution in [1.82, 2.24) is 5.32 Å². The molecule has 20 heavy (non-hydrogen) atoms. The average Bonchev–Trinajstić information content (AvgIpc) is 2.40. The molecule has 0 radical (unpaired) electrons. The number of carbonyl (C=O) groups excluding carboxylic acids is 1. The monoisotopic (exact) mass is 298 g/mol. The minimum atomic E-state index is -1.16. The Morgan fingerprint density at radius 2 is 2.20 bits per heavy atom. The lowest BCUT2D eigenvalue weighted by Crippen LogP contribution is -2.28. The van der Waals surface area contributed by atoms with Crippen LogP contribution >= 0.6 is 11.6 Å². The number of hydrogen-bond donors (Lipinski definition) is 3. The molecule has 0 spiro atoms. The van der Waals surface area contributed by atoms with E-state index in [4.69, 9.17) is 21.4 Å². The molecular formula is C13H15ClN2O4. The summed E-state index contributed by atoms with van der Waals surface area (Å²) in [5.74, 6) is -1.34. The molecule has 0 heterocycles. The summed E-state index contributed by atoms with van der Waals surface area (Å²) in [6.07, 6.45) is 1.63. The van der Waals surface area contributed by atoms with E-state index >= 15 is 0 Å². The second kappa shape index (κ2) is 7.52. The van der Waals surface area contributed by atoms with E-state index in [-0.39, 0.29) is 28.8 Å². The number of halogens is 1. The Morgan fingerprint density at radius 3 is 2.75 bits per heavy atom. The lowest BCUT2D eigenvalue weighted by atomic mass is 10.1. The molecule has 0 aliphatic carbocycles. The maximum Gasteiger partial charge on any atom is 0.339 e. The van der Waals surface area contributed by atoms with Crippen LogP contribution in [0.4, 0.5) is 5.69 Å². The number of methoxy groups -OCH3 is 1. The fraction of sp³-hybridized carbons (Fsp3) is 0.231. The maximum absolute atomic E-state index is 11.6. The number of carbonyl (C=O) groups is 2. The highest BCUT2D eigenvalue weighted by Gasteiger charge is 2.16. The summed E-state index contributed by atoms with van der Waals surface area (Å²) in [6.45, 7) is 4.11. The van der Waals surface area contributed by atoms with Gasteiger partial charge in [-0.1, -0.05) is 17.7 Å². The van der Waals surface area contributed by atoms with E-state index in [2.05, 4.69) is 17.2 Å². The fourth-order valence-electron chi connectivity index (χ4n) is 1.47. The average molecular weight is 299 g/mol. The first kappa shape index (κ1) is 16.0. The van der Waals surface area contributed by atoms with Crippen molar-refractivity contribution < 1.29 is 19.4 Å². The van der Waals surface area contributed by atoms with E-state index in [1.54, 1.807) is 6.08 Å². The SMILES string of the molecule is C=CCNCC(=O)Nc1cc(OC)c(C(=O)O)cc1Cl. The Bertz CT molecular complexity index is 531. The van der Waals surface area contributed by atoms with Crippen molar-refractivity contribution in [1.29, 1.82) is 0 Å². The first-order valence-electron chi connectivity index (χ1n) is 5.72. The van der Waals surface area contributed by atoms with Crippen LogP contribution in [0.5, 0.6) is 5.75 Å². The molecule has 0 fully saturated rings. The van der Waals surface area contributed by atoms with Crippen molar-refractivity contribution in [2.45, 2.75) is 0 Å². The Kier molecular flexibility index (Phi) is 6.02. The minimum Gasteiger partial charge on any atom is -0.496 e. The molecule has 108 valence electrons. The van der Waals surface area contributed by atoms with Gasteiger partial charge in [-0.25, -0.2) is 4.79 Å². The highest BCUT2D eigenvalue weighted by atomic mass is 35.5. The second-order valence-corrected chi connectivity index (χ2v) is 4.21. The fourth-order valence-corrected chi connectivity index (χ4v) is 1.68. The van der Waals surface area contributed by atoms with Gasteiger partial charge in [0.25, 0.3) is 0 Å². The Morgan fingerprint density at radius 1 is 1.50 bits per heavy atom. The van der Waals surface area contributed by atoms with Crippen LogP contribution in [0.2, 0.25) is 5.02 Å². The predicted molar refractivity (Wildman–Crippen MR) is 76.7 cm³/mol. The zero-order valence-corrected chi connectivity index (χ0v) is 11.7. The molecule has 0 saturated heterocycles. The third kappa shape index (κ3) is 4.25. The number of anilines is 1. The van der Waals surface area contributed by atoms with Gasteiger partial charge in [0.2, 0.25) is 5.91 Å². The van der Waals surface area contributed by atoms with Crippen LogP contribution in [0, 0.1) is 0 Å². The summed E-state index contributed by atoms with van der Waals surface area (Å²) in [6, 6.07) is 2.60. The number of carboxylic acid groups (broad SMARTS) is 1. The van der Waals surface area contributed by atoms with E-state index in [9.17, 15) is 9.59 Å². The van der Waals surface area contributed by atoms with Crippen molar-refractivity contribution in [3.8, 4) is 5.75 Å². The van der Waals surface area contributed by atoms with Gasteiger partial charge in [0.15, 0.2) is 0 Å². The van der Waals surface area contributed by atoms with Crippen molar-refractivity contribution >= 4 is 29.2 Å². The summed E-state index contributed by atoms with van der Waals surface area (Å²) in [5.41, 5.74) is 0.221. The smallest absolute Gasteiger partial charge is 0.339 e. The molecular weight excluding hydrogens is 284 g/mol. The van der Waals surface area contributed by atoms with Crippen LogP contribution in [0.3, 0.4) is 0 Å². The van der Waals surface area contributed by atoms with E-state index in [0.29, 0.717) is 12.2 Å². The van der Waals surface area contributed by atoms with Crippen molar-refractivity contribution in [3.05, 3.63) is 35.4 Å². The topological polar surface area (TPSA) is 87.7 Å². The number of aromatic carboxylic acids is 1. The van der Waals surface area contributed by atoms with Gasteiger partial charge in [0.1, 0.15) is 11.3 Å². The number of hydrogen-bond acceptors (Lipinski definition) is 4. The number of rotatable bonds is 7. The molecule has 6 nitrogen and oxygen atoms in total. The minimum absolute atomic E-state index is 0.0692. The van der Waals surface area contributed by atoms with E-state index in [0.717, 1.165) is 0 Å². The Balaban J connectivity index is 2.88. The third-order valence-corrected chi connectivity index (χ3v) is 2.68. The number of nitrogens with one attached hydrogen (secondary N) is 2. The Labute approximate surface area is 121 Å². The lowest BCUT2D eigenvalue weighted by Gasteiger charge is -2.11. The van der Waals surface area contributed by atoms with E-state index in [1.807, 2.05) is 0 Å². The molecule has 0 unspecified atom stereocenters. The number of ether oxygens (including phenoxy) is 1. The van der Waals surface area contributed by atoms with Gasteiger partial charge >= 0.3 is 5.97 Å². The molecule has 1 amide bonds. The maximum atomic E-state index is 11.6. The highest BCUT2D eigenvalue weighted by Crippen LogP contribution is 2.30. The van der Waals surface area contributed by atoms with Crippen LogP contribution in [0.15, 0.2) is 24.8 Å². The summed E-state index contributed by atoms with van der Waals surface area (Å²) >= 11 is 5.94. The van der Waals surface area contributed by atoms with Crippen LogP contribution < -0.4 is 15.4 Å². The van der Waals surface area contributed by atoms with Gasteiger partial charge in [-0.3, -0.25) is 4.79 Å². The molecule has 0 bridgehead atoms. The summed E-state index contributed by atoms with van der Waals surface area (Å²) in [4.78, 5) is 22.6. The zero-order chi connectivity index (χ0) is 15.1. The first-order valence-corrected chi connectivity index (χ1v) is 6.09. The lowest BCUT2D eigenvalue weighted by molar-refractivity contribution is -0.115. The molecule has 3 N–H and O–H groups in total. The molecule has 1 rings (SSSR count). The van der Waals surface area contributed by atoms with Crippen LogP contribution in [0.25, 0.3) is 0 Å².